The monoisotopic (exact) mass is 311 g/mol. The van der Waals surface area contributed by atoms with E-state index in [1.165, 1.54) is 4.31 Å². The van der Waals surface area contributed by atoms with Crippen molar-refractivity contribution in [3.8, 4) is 5.75 Å². The second kappa shape index (κ2) is 5.57. The lowest BCUT2D eigenvalue weighted by atomic mass is 10.2. The molecule has 7 heteroatoms. The molecule has 0 spiro atoms. The van der Waals surface area contributed by atoms with Crippen LogP contribution in [0, 0.1) is 11.8 Å². The van der Waals surface area contributed by atoms with Crippen LogP contribution in [-0.2, 0) is 16.8 Å². The van der Waals surface area contributed by atoms with Crippen molar-refractivity contribution in [2.75, 3.05) is 27.2 Å². The molecule has 2 unspecified atom stereocenters. The maximum atomic E-state index is 12.3. The van der Waals surface area contributed by atoms with Crippen molar-refractivity contribution in [1.82, 2.24) is 14.3 Å². The fourth-order valence-electron chi connectivity index (χ4n) is 2.97. The van der Waals surface area contributed by atoms with Crippen molar-refractivity contribution in [3.05, 3.63) is 29.8 Å². The molecule has 6 nitrogen and oxygen atoms in total. The maximum absolute atomic E-state index is 12.3. The van der Waals surface area contributed by atoms with Crippen LogP contribution >= 0.6 is 0 Å². The van der Waals surface area contributed by atoms with Gasteiger partial charge in [0.15, 0.2) is 0 Å². The first kappa shape index (κ1) is 14.8. The molecule has 2 N–H and O–H groups in total. The second-order valence-electron chi connectivity index (χ2n) is 5.74. The van der Waals surface area contributed by atoms with Gasteiger partial charge in [0, 0.05) is 19.6 Å². The van der Waals surface area contributed by atoms with Gasteiger partial charge in [-0.1, -0.05) is 12.1 Å². The Bertz CT molecular complexity index is 610. The molecule has 2 aliphatic rings. The summed E-state index contributed by atoms with van der Waals surface area (Å²) in [4.78, 5) is 0. The normalized spacial score (nSPS) is 27.7. The Labute approximate surface area is 125 Å². The topological polar surface area (TPSA) is 70.7 Å². The molecule has 116 valence electrons. The number of nitrogens with zero attached hydrogens (tertiary/aromatic N) is 1. The molecular formula is C14H21N3O3S. The van der Waals surface area contributed by atoms with Crippen LogP contribution in [0.5, 0.6) is 5.75 Å². The molecule has 2 fully saturated rings. The van der Waals surface area contributed by atoms with Gasteiger partial charge in [-0.3, -0.25) is 0 Å². The van der Waals surface area contributed by atoms with E-state index in [1.807, 2.05) is 24.3 Å². The van der Waals surface area contributed by atoms with E-state index in [0.717, 1.165) is 24.4 Å². The van der Waals surface area contributed by atoms with E-state index >= 15 is 0 Å². The summed E-state index contributed by atoms with van der Waals surface area (Å²) >= 11 is 0. The second-order valence-corrected chi connectivity index (χ2v) is 7.55. The summed E-state index contributed by atoms with van der Waals surface area (Å²) in [5.74, 6) is 1.66. The minimum atomic E-state index is -3.44. The van der Waals surface area contributed by atoms with Gasteiger partial charge in [-0.15, -0.1) is 0 Å². The van der Waals surface area contributed by atoms with E-state index in [1.54, 1.807) is 14.2 Å². The number of rotatable bonds is 6. The fourth-order valence-corrected chi connectivity index (χ4v) is 4.16. The number of ether oxygens (including phenoxy) is 1. The lowest BCUT2D eigenvalue weighted by Gasteiger charge is -2.19. The van der Waals surface area contributed by atoms with Crippen molar-refractivity contribution < 1.29 is 13.2 Å². The van der Waals surface area contributed by atoms with Gasteiger partial charge in [-0.25, -0.2) is 0 Å². The molecule has 0 amide bonds. The molecule has 1 saturated carbocycles. The lowest BCUT2D eigenvalue weighted by Crippen LogP contribution is -2.41. The molecule has 1 heterocycles. The van der Waals surface area contributed by atoms with Crippen LogP contribution in [0.15, 0.2) is 24.3 Å². The average molecular weight is 311 g/mol. The molecule has 1 aliphatic heterocycles. The highest BCUT2D eigenvalue weighted by Gasteiger charge is 2.54. The summed E-state index contributed by atoms with van der Waals surface area (Å²) in [7, 11) is -0.248. The minimum absolute atomic E-state index is 0.101. The first-order valence-corrected chi connectivity index (χ1v) is 8.52. The summed E-state index contributed by atoms with van der Waals surface area (Å²) in [5.41, 5.74) is 0.903. The highest BCUT2D eigenvalue weighted by molar-refractivity contribution is 7.87. The Balaban J connectivity index is 1.62. The van der Waals surface area contributed by atoms with Crippen molar-refractivity contribution >= 4 is 10.2 Å². The Morgan fingerprint density at radius 3 is 2.76 bits per heavy atom. The summed E-state index contributed by atoms with van der Waals surface area (Å²) in [6.07, 6.45) is 0. The molecule has 2 atom stereocenters. The number of nitrogens with one attached hydrogen (secondary N) is 2. The number of fused-ring (bicyclic) bond motifs is 1. The number of piperidine rings is 1. The van der Waals surface area contributed by atoms with E-state index in [4.69, 9.17) is 4.74 Å². The van der Waals surface area contributed by atoms with Crippen LogP contribution in [0.2, 0.25) is 0 Å². The van der Waals surface area contributed by atoms with Gasteiger partial charge in [-0.2, -0.15) is 17.4 Å². The molecule has 1 aromatic rings. The largest absolute Gasteiger partial charge is 0.497 e. The van der Waals surface area contributed by atoms with Crippen LogP contribution in [-0.4, -0.2) is 46.0 Å². The molecule has 0 aromatic heterocycles. The first-order chi connectivity index (χ1) is 10.0. The third-order valence-electron chi connectivity index (χ3n) is 4.33. The van der Waals surface area contributed by atoms with E-state index in [2.05, 4.69) is 10.0 Å². The quantitative estimate of drug-likeness (QED) is 0.786. The molecule has 1 aromatic carbocycles. The van der Waals surface area contributed by atoms with Gasteiger partial charge in [0.2, 0.25) is 0 Å². The predicted octanol–water partition coefficient (Wildman–Crippen LogP) is 0.179. The van der Waals surface area contributed by atoms with Gasteiger partial charge in [-0.05, 0) is 42.6 Å². The highest BCUT2D eigenvalue weighted by Crippen LogP contribution is 2.42. The van der Waals surface area contributed by atoms with Crippen LogP contribution in [0.1, 0.15) is 5.56 Å². The predicted molar refractivity (Wildman–Crippen MR) is 80.2 cm³/mol. The standard InChI is InChI=1S/C14H21N3O3S/c1-17(9-10-4-3-5-11(6-10)20-2)21(18,19)16-14-12-7-15-8-13(12)14/h3-6,12-16H,7-9H2,1-2H3. The van der Waals surface area contributed by atoms with Crippen LogP contribution < -0.4 is 14.8 Å². The highest BCUT2D eigenvalue weighted by atomic mass is 32.2. The zero-order valence-corrected chi connectivity index (χ0v) is 13.1. The number of hydrogen-bond acceptors (Lipinski definition) is 4. The molecule has 0 radical (unpaired) electrons. The van der Waals surface area contributed by atoms with Crippen molar-refractivity contribution in [3.63, 3.8) is 0 Å². The van der Waals surface area contributed by atoms with E-state index < -0.39 is 10.2 Å². The number of methoxy groups -OCH3 is 1. The molecule has 21 heavy (non-hydrogen) atoms. The first-order valence-electron chi connectivity index (χ1n) is 7.08. The average Bonchev–Trinajstić information content (AvgIpc) is 2.89. The molecule has 1 saturated heterocycles. The SMILES string of the molecule is COc1cccc(CN(C)S(=O)(=O)NC2C3CNCC32)c1. The van der Waals surface area contributed by atoms with E-state index in [0.29, 0.717) is 18.4 Å². The van der Waals surface area contributed by atoms with Crippen LogP contribution in [0.4, 0.5) is 0 Å². The Morgan fingerprint density at radius 2 is 2.10 bits per heavy atom. The lowest BCUT2D eigenvalue weighted by molar-refractivity contribution is 0.412. The zero-order valence-electron chi connectivity index (χ0n) is 12.2. The van der Waals surface area contributed by atoms with E-state index in [9.17, 15) is 8.42 Å². The van der Waals surface area contributed by atoms with E-state index in [-0.39, 0.29) is 6.04 Å². The smallest absolute Gasteiger partial charge is 0.279 e. The van der Waals surface area contributed by atoms with Gasteiger partial charge >= 0.3 is 0 Å². The summed E-state index contributed by atoms with van der Waals surface area (Å²) in [6.45, 7) is 2.15. The summed E-state index contributed by atoms with van der Waals surface area (Å²) in [5, 5.41) is 3.26. The Hall–Kier alpha value is -1.15. The van der Waals surface area contributed by atoms with Gasteiger partial charge in [0.25, 0.3) is 10.2 Å². The summed E-state index contributed by atoms with van der Waals surface area (Å²) < 4.78 is 34.0. The molecule has 3 rings (SSSR count). The number of hydrogen-bond donors (Lipinski definition) is 2. The van der Waals surface area contributed by atoms with Crippen molar-refractivity contribution in [2.45, 2.75) is 12.6 Å². The van der Waals surface area contributed by atoms with Gasteiger partial charge < -0.3 is 10.1 Å². The fraction of sp³-hybridized carbons (Fsp3) is 0.571. The molecule has 1 aliphatic carbocycles. The van der Waals surface area contributed by atoms with Crippen LogP contribution in [0.25, 0.3) is 0 Å². The maximum Gasteiger partial charge on any atom is 0.279 e. The number of benzene rings is 1. The Kier molecular flexibility index (Phi) is 3.92. The van der Waals surface area contributed by atoms with Crippen molar-refractivity contribution in [1.29, 1.82) is 0 Å². The third kappa shape index (κ3) is 3.06. The molecular weight excluding hydrogens is 290 g/mol. The zero-order chi connectivity index (χ0) is 15.0. The molecule has 0 bridgehead atoms. The van der Waals surface area contributed by atoms with Gasteiger partial charge in [0.1, 0.15) is 5.75 Å². The van der Waals surface area contributed by atoms with Gasteiger partial charge in [0.05, 0.1) is 7.11 Å². The summed E-state index contributed by atoms with van der Waals surface area (Å²) in [6, 6.07) is 7.55. The van der Waals surface area contributed by atoms with Crippen LogP contribution in [0.3, 0.4) is 0 Å². The Morgan fingerprint density at radius 1 is 1.38 bits per heavy atom. The van der Waals surface area contributed by atoms with Crippen molar-refractivity contribution in [2.24, 2.45) is 11.8 Å². The third-order valence-corrected chi connectivity index (χ3v) is 5.85. The minimum Gasteiger partial charge on any atom is -0.497 e.